The summed E-state index contributed by atoms with van der Waals surface area (Å²) in [6.07, 6.45) is 4.58. The Labute approximate surface area is 125 Å². The van der Waals surface area contributed by atoms with Crippen LogP contribution in [-0.2, 0) is 7.05 Å². The van der Waals surface area contributed by atoms with Crippen molar-refractivity contribution < 1.29 is 9.90 Å². The van der Waals surface area contributed by atoms with Crippen LogP contribution in [0.15, 0.2) is 23.1 Å². The third-order valence-corrected chi connectivity index (χ3v) is 3.38. The van der Waals surface area contributed by atoms with Crippen molar-refractivity contribution >= 4 is 11.7 Å². The van der Waals surface area contributed by atoms with Gasteiger partial charge in [-0.25, -0.2) is 4.79 Å². The summed E-state index contributed by atoms with van der Waals surface area (Å²) in [5.41, 5.74) is -0.945. The number of nitrogens with zero attached hydrogens (tertiary/aromatic N) is 1. The fourth-order valence-electron chi connectivity index (χ4n) is 2.34. The highest BCUT2D eigenvalue weighted by Crippen LogP contribution is 2.18. The lowest BCUT2D eigenvalue weighted by atomic mass is 9.93. The summed E-state index contributed by atoms with van der Waals surface area (Å²) in [6, 6.07) is 2.75. The van der Waals surface area contributed by atoms with Crippen LogP contribution in [0.2, 0.25) is 0 Å². The van der Waals surface area contributed by atoms with E-state index in [-0.39, 0.29) is 17.8 Å². The van der Waals surface area contributed by atoms with Gasteiger partial charge < -0.3 is 20.3 Å². The number of urea groups is 1. The number of hydrogen-bond acceptors (Lipinski definition) is 3. The number of rotatable bonds is 7. The molecule has 0 saturated carbocycles. The third-order valence-electron chi connectivity index (χ3n) is 3.38. The van der Waals surface area contributed by atoms with E-state index in [1.54, 1.807) is 25.4 Å². The second-order valence-electron chi connectivity index (χ2n) is 5.37. The Balaban J connectivity index is 2.61. The standard InChI is InChI=1S/C15H25N3O3/c1-4-8-15(21,9-5-2)11-16-14(20)17-12-7-6-10-18(3)13(12)19/h6-7,10,21H,4-5,8-9,11H2,1-3H3,(H2,16,17,20). The molecular formula is C15H25N3O3. The molecule has 6 heteroatoms. The Morgan fingerprint density at radius 3 is 2.52 bits per heavy atom. The van der Waals surface area contributed by atoms with Gasteiger partial charge in [0.25, 0.3) is 5.56 Å². The van der Waals surface area contributed by atoms with Crippen LogP contribution in [0.5, 0.6) is 0 Å². The summed E-state index contributed by atoms with van der Waals surface area (Å²) >= 11 is 0. The van der Waals surface area contributed by atoms with Crippen LogP contribution in [0, 0.1) is 0 Å². The first-order valence-electron chi connectivity index (χ1n) is 7.34. The van der Waals surface area contributed by atoms with Crippen LogP contribution < -0.4 is 16.2 Å². The van der Waals surface area contributed by atoms with Crippen molar-refractivity contribution in [1.29, 1.82) is 0 Å². The fraction of sp³-hybridized carbons (Fsp3) is 0.600. The summed E-state index contributed by atoms with van der Waals surface area (Å²) in [5.74, 6) is 0. The molecule has 6 nitrogen and oxygen atoms in total. The van der Waals surface area contributed by atoms with E-state index in [4.69, 9.17) is 0 Å². The first-order chi connectivity index (χ1) is 9.91. The van der Waals surface area contributed by atoms with Crippen LogP contribution in [0.25, 0.3) is 0 Å². The van der Waals surface area contributed by atoms with Gasteiger partial charge in [0.15, 0.2) is 0 Å². The number of aliphatic hydroxyl groups is 1. The Hall–Kier alpha value is -1.82. The lowest BCUT2D eigenvalue weighted by Crippen LogP contribution is -2.44. The maximum atomic E-state index is 11.8. The number of hydrogen-bond donors (Lipinski definition) is 3. The smallest absolute Gasteiger partial charge is 0.319 e. The zero-order valence-electron chi connectivity index (χ0n) is 13.0. The van der Waals surface area contributed by atoms with E-state index in [1.807, 2.05) is 13.8 Å². The van der Waals surface area contributed by atoms with Crippen molar-refractivity contribution in [3.05, 3.63) is 28.7 Å². The number of nitrogens with one attached hydrogen (secondary N) is 2. The Morgan fingerprint density at radius 1 is 1.33 bits per heavy atom. The van der Waals surface area contributed by atoms with Gasteiger partial charge in [-0.3, -0.25) is 4.79 Å². The molecule has 0 fully saturated rings. The molecule has 1 heterocycles. The van der Waals surface area contributed by atoms with Gasteiger partial charge in [-0.2, -0.15) is 0 Å². The molecule has 0 aromatic carbocycles. The van der Waals surface area contributed by atoms with Crippen molar-refractivity contribution in [3.8, 4) is 0 Å². The Kier molecular flexibility index (Phi) is 6.42. The van der Waals surface area contributed by atoms with Crippen molar-refractivity contribution in [2.75, 3.05) is 11.9 Å². The molecule has 1 rings (SSSR count). The largest absolute Gasteiger partial charge is 0.388 e. The SMILES string of the molecule is CCCC(O)(CCC)CNC(=O)Nc1cccn(C)c1=O. The molecule has 0 atom stereocenters. The average molecular weight is 295 g/mol. The van der Waals surface area contributed by atoms with Crippen LogP contribution in [0.3, 0.4) is 0 Å². The van der Waals surface area contributed by atoms with Gasteiger partial charge in [0, 0.05) is 19.8 Å². The summed E-state index contributed by atoms with van der Waals surface area (Å²) in [7, 11) is 1.62. The second-order valence-corrected chi connectivity index (χ2v) is 5.37. The molecule has 0 unspecified atom stereocenters. The molecule has 1 aromatic rings. The van der Waals surface area contributed by atoms with E-state index in [0.29, 0.717) is 12.8 Å². The molecule has 1 aromatic heterocycles. The number of pyridine rings is 1. The molecule has 0 aliphatic carbocycles. The van der Waals surface area contributed by atoms with E-state index < -0.39 is 11.6 Å². The Bertz CT molecular complexity index is 519. The van der Waals surface area contributed by atoms with Gasteiger partial charge in [0.05, 0.1) is 5.60 Å². The lowest BCUT2D eigenvalue weighted by molar-refractivity contribution is 0.0245. The number of amides is 2. The van der Waals surface area contributed by atoms with Gasteiger partial charge in [0.2, 0.25) is 0 Å². The predicted octanol–water partition coefficient (Wildman–Crippen LogP) is 1.84. The normalized spacial score (nSPS) is 11.2. The minimum absolute atomic E-state index is 0.174. The number of anilines is 1. The van der Waals surface area contributed by atoms with Crippen LogP contribution >= 0.6 is 0 Å². The minimum Gasteiger partial charge on any atom is -0.388 e. The monoisotopic (exact) mass is 295 g/mol. The number of aryl methyl sites for hydroxylation is 1. The van der Waals surface area contributed by atoms with Crippen molar-refractivity contribution in [2.45, 2.75) is 45.1 Å². The van der Waals surface area contributed by atoms with E-state index in [9.17, 15) is 14.7 Å². The summed E-state index contributed by atoms with van der Waals surface area (Å²) in [4.78, 5) is 23.6. The van der Waals surface area contributed by atoms with Crippen molar-refractivity contribution in [1.82, 2.24) is 9.88 Å². The fourth-order valence-corrected chi connectivity index (χ4v) is 2.34. The number of aromatic nitrogens is 1. The molecule has 21 heavy (non-hydrogen) atoms. The van der Waals surface area contributed by atoms with E-state index >= 15 is 0 Å². The Morgan fingerprint density at radius 2 is 1.95 bits per heavy atom. The molecule has 3 N–H and O–H groups in total. The van der Waals surface area contributed by atoms with Crippen LogP contribution in [0.4, 0.5) is 10.5 Å². The molecule has 0 aliphatic rings. The predicted molar refractivity (Wildman–Crippen MR) is 83.5 cm³/mol. The van der Waals surface area contributed by atoms with Gasteiger partial charge >= 0.3 is 6.03 Å². The molecule has 118 valence electrons. The molecule has 2 amide bonds. The van der Waals surface area contributed by atoms with Gasteiger partial charge in [0.1, 0.15) is 5.69 Å². The number of carbonyl (C=O) groups excluding carboxylic acids is 1. The van der Waals surface area contributed by atoms with E-state index in [2.05, 4.69) is 10.6 Å². The zero-order chi connectivity index (χ0) is 15.9. The van der Waals surface area contributed by atoms with E-state index in [0.717, 1.165) is 12.8 Å². The minimum atomic E-state index is -0.886. The zero-order valence-corrected chi connectivity index (χ0v) is 13.0. The highest BCUT2D eigenvalue weighted by atomic mass is 16.3. The third kappa shape index (κ3) is 5.23. The van der Waals surface area contributed by atoms with Crippen LogP contribution in [-0.4, -0.2) is 27.9 Å². The summed E-state index contributed by atoms with van der Waals surface area (Å²) in [6.45, 7) is 4.16. The van der Waals surface area contributed by atoms with Crippen molar-refractivity contribution in [2.24, 2.45) is 7.05 Å². The topological polar surface area (TPSA) is 83.4 Å². The second kappa shape index (κ2) is 7.83. The van der Waals surface area contributed by atoms with Gasteiger partial charge in [-0.05, 0) is 25.0 Å². The summed E-state index contributed by atoms with van der Waals surface area (Å²) < 4.78 is 1.39. The summed E-state index contributed by atoms with van der Waals surface area (Å²) in [5, 5.41) is 15.6. The average Bonchev–Trinajstić information content (AvgIpc) is 2.42. The highest BCUT2D eigenvalue weighted by molar-refractivity contribution is 5.88. The molecule has 0 saturated heterocycles. The quantitative estimate of drug-likeness (QED) is 0.717. The molecule has 0 radical (unpaired) electrons. The van der Waals surface area contributed by atoms with Crippen molar-refractivity contribution in [3.63, 3.8) is 0 Å². The molecule has 0 bridgehead atoms. The first-order valence-corrected chi connectivity index (χ1v) is 7.34. The maximum Gasteiger partial charge on any atom is 0.319 e. The lowest BCUT2D eigenvalue weighted by Gasteiger charge is -2.27. The molecular weight excluding hydrogens is 270 g/mol. The van der Waals surface area contributed by atoms with E-state index in [1.165, 1.54) is 4.57 Å². The first kappa shape index (κ1) is 17.2. The molecule has 0 spiro atoms. The van der Waals surface area contributed by atoms with Gasteiger partial charge in [-0.15, -0.1) is 0 Å². The van der Waals surface area contributed by atoms with Gasteiger partial charge in [-0.1, -0.05) is 26.7 Å². The van der Waals surface area contributed by atoms with Crippen LogP contribution in [0.1, 0.15) is 39.5 Å². The maximum absolute atomic E-state index is 11.8. The highest BCUT2D eigenvalue weighted by Gasteiger charge is 2.25. The number of carbonyl (C=O) groups is 1. The molecule has 0 aliphatic heterocycles.